The minimum absolute atomic E-state index is 0.0409. The Labute approximate surface area is 132 Å². The maximum atomic E-state index is 11.9. The normalized spacial score (nSPS) is 19.1. The first-order chi connectivity index (χ1) is 10.7. The Bertz CT molecular complexity index is 531. The van der Waals surface area contributed by atoms with E-state index in [4.69, 9.17) is 9.47 Å². The minimum Gasteiger partial charge on any atom is -0.495 e. The molecule has 1 heterocycles. The highest BCUT2D eigenvalue weighted by atomic mass is 16.5. The molecular formula is C18H25NO3. The van der Waals surface area contributed by atoms with Gasteiger partial charge in [-0.05, 0) is 56.2 Å². The van der Waals surface area contributed by atoms with Gasteiger partial charge in [-0.25, -0.2) is 0 Å². The quantitative estimate of drug-likeness (QED) is 0.782. The number of hydrogen-bond acceptors (Lipinski definition) is 4. The summed E-state index contributed by atoms with van der Waals surface area (Å²) in [6, 6.07) is 6.55. The summed E-state index contributed by atoms with van der Waals surface area (Å²) in [6.45, 7) is 4.10. The standard InChI is InChI=1S/C18H25NO3/c1-3-22-18(20)14-8-10-19(11-9-14)16-12-15(13-4-5-13)6-7-17(16)21-2/h6-7,12-14H,3-5,8-11H2,1-2H3. The lowest BCUT2D eigenvalue weighted by Gasteiger charge is -2.33. The molecule has 0 aromatic heterocycles. The molecule has 0 atom stereocenters. The van der Waals surface area contributed by atoms with Crippen molar-refractivity contribution in [3.8, 4) is 5.75 Å². The van der Waals surface area contributed by atoms with Crippen LogP contribution in [0, 0.1) is 5.92 Å². The van der Waals surface area contributed by atoms with Gasteiger partial charge >= 0.3 is 5.97 Å². The maximum Gasteiger partial charge on any atom is 0.309 e. The van der Waals surface area contributed by atoms with Crippen molar-refractivity contribution in [3.05, 3.63) is 23.8 Å². The number of hydrogen-bond donors (Lipinski definition) is 0. The average molecular weight is 303 g/mol. The zero-order chi connectivity index (χ0) is 15.5. The van der Waals surface area contributed by atoms with Gasteiger partial charge in [-0.2, -0.15) is 0 Å². The van der Waals surface area contributed by atoms with Gasteiger partial charge in [-0.3, -0.25) is 4.79 Å². The Balaban J connectivity index is 1.69. The molecule has 1 aliphatic carbocycles. The molecule has 0 radical (unpaired) electrons. The summed E-state index contributed by atoms with van der Waals surface area (Å²) >= 11 is 0. The van der Waals surface area contributed by atoms with E-state index in [0.717, 1.165) is 37.6 Å². The lowest BCUT2D eigenvalue weighted by Crippen LogP contribution is -2.37. The molecule has 120 valence electrons. The number of ether oxygens (including phenoxy) is 2. The predicted molar refractivity (Wildman–Crippen MR) is 86.5 cm³/mol. The highest BCUT2D eigenvalue weighted by Crippen LogP contribution is 2.43. The number of anilines is 1. The average Bonchev–Trinajstić information content (AvgIpc) is 3.39. The molecule has 1 aromatic carbocycles. The fraction of sp³-hybridized carbons (Fsp3) is 0.611. The van der Waals surface area contributed by atoms with Gasteiger partial charge in [0.2, 0.25) is 0 Å². The third kappa shape index (κ3) is 3.21. The van der Waals surface area contributed by atoms with Crippen molar-refractivity contribution >= 4 is 11.7 Å². The molecule has 1 aliphatic heterocycles. The van der Waals surface area contributed by atoms with Crippen LogP contribution in [0.2, 0.25) is 0 Å². The Morgan fingerprint density at radius 3 is 2.55 bits per heavy atom. The van der Waals surface area contributed by atoms with Crippen LogP contribution in [0.3, 0.4) is 0 Å². The summed E-state index contributed by atoms with van der Waals surface area (Å²) < 4.78 is 10.7. The summed E-state index contributed by atoms with van der Waals surface area (Å²) in [7, 11) is 1.72. The monoisotopic (exact) mass is 303 g/mol. The van der Waals surface area contributed by atoms with Gasteiger partial charge in [0, 0.05) is 13.1 Å². The van der Waals surface area contributed by atoms with E-state index >= 15 is 0 Å². The lowest BCUT2D eigenvalue weighted by atomic mass is 9.96. The van der Waals surface area contributed by atoms with E-state index in [-0.39, 0.29) is 11.9 Å². The fourth-order valence-corrected chi connectivity index (χ4v) is 3.24. The van der Waals surface area contributed by atoms with Crippen molar-refractivity contribution in [3.63, 3.8) is 0 Å². The number of nitrogens with zero attached hydrogens (tertiary/aromatic N) is 1. The highest BCUT2D eigenvalue weighted by Gasteiger charge is 2.29. The minimum atomic E-state index is -0.0409. The number of benzene rings is 1. The summed E-state index contributed by atoms with van der Waals surface area (Å²) in [5, 5.41) is 0. The molecule has 1 saturated carbocycles. The molecule has 0 unspecified atom stereocenters. The van der Waals surface area contributed by atoms with Gasteiger partial charge in [0.15, 0.2) is 0 Å². The zero-order valence-electron chi connectivity index (χ0n) is 13.5. The second kappa shape index (κ2) is 6.59. The van der Waals surface area contributed by atoms with Gasteiger partial charge in [-0.15, -0.1) is 0 Å². The van der Waals surface area contributed by atoms with Crippen LogP contribution >= 0.6 is 0 Å². The van der Waals surface area contributed by atoms with Gasteiger partial charge < -0.3 is 14.4 Å². The molecule has 1 saturated heterocycles. The smallest absolute Gasteiger partial charge is 0.309 e. The van der Waals surface area contributed by atoms with Gasteiger partial charge in [0.1, 0.15) is 5.75 Å². The van der Waals surface area contributed by atoms with Gasteiger partial charge in [0.25, 0.3) is 0 Å². The first-order valence-corrected chi connectivity index (χ1v) is 8.32. The van der Waals surface area contributed by atoms with E-state index in [2.05, 4.69) is 23.1 Å². The largest absolute Gasteiger partial charge is 0.495 e. The van der Waals surface area contributed by atoms with E-state index in [9.17, 15) is 4.79 Å². The maximum absolute atomic E-state index is 11.9. The van der Waals surface area contributed by atoms with Crippen LogP contribution in [0.15, 0.2) is 18.2 Å². The second-order valence-corrected chi connectivity index (χ2v) is 6.22. The van der Waals surface area contributed by atoms with Crippen LogP contribution in [0.25, 0.3) is 0 Å². The summed E-state index contributed by atoms with van der Waals surface area (Å²) in [5.74, 6) is 1.68. The molecule has 0 spiro atoms. The van der Waals surface area contributed by atoms with E-state index in [1.165, 1.54) is 24.1 Å². The molecule has 4 heteroatoms. The van der Waals surface area contributed by atoms with Crippen LogP contribution in [0.4, 0.5) is 5.69 Å². The molecule has 1 aromatic rings. The van der Waals surface area contributed by atoms with Crippen molar-refractivity contribution in [2.45, 2.75) is 38.5 Å². The molecule has 2 fully saturated rings. The van der Waals surface area contributed by atoms with Crippen LogP contribution < -0.4 is 9.64 Å². The third-order valence-electron chi connectivity index (χ3n) is 4.71. The number of carbonyl (C=O) groups is 1. The third-order valence-corrected chi connectivity index (χ3v) is 4.71. The van der Waals surface area contributed by atoms with Crippen LogP contribution in [-0.2, 0) is 9.53 Å². The molecule has 3 rings (SSSR count). The van der Waals surface area contributed by atoms with Crippen molar-refractivity contribution in [1.82, 2.24) is 0 Å². The van der Waals surface area contributed by atoms with Crippen molar-refractivity contribution < 1.29 is 14.3 Å². The van der Waals surface area contributed by atoms with Crippen LogP contribution in [0.5, 0.6) is 5.75 Å². The van der Waals surface area contributed by atoms with E-state index < -0.39 is 0 Å². The van der Waals surface area contributed by atoms with E-state index in [1.807, 2.05) is 6.92 Å². The lowest BCUT2D eigenvalue weighted by molar-refractivity contribution is -0.148. The first kappa shape index (κ1) is 15.2. The second-order valence-electron chi connectivity index (χ2n) is 6.22. The number of esters is 1. The van der Waals surface area contributed by atoms with E-state index in [1.54, 1.807) is 7.11 Å². The molecule has 0 N–H and O–H groups in total. The van der Waals surface area contributed by atoms with Crippen LogP contribution in [0.1, 0.15) is 44.1 Å². The number of rotatable bonds is 5. The number of piperidine rings is 1. The number of carbonyl (C=O) groups excluding carboxylic acids is 1. The molecular weight excluding hydrogens is 278 g/mol. The Kier molecular flexibility index (Phi) is 4.55. The summed E-state index contributed by atoms with van der Waals surface area (Å²) in [6.07, 6.45) is 4.32. The Morgan fingerprint density at radius 1 is 1.23 bits per heavy atom. The van der Waals surface area contributed by atoms with Crippen LogP contribution in [-0.4, -0.2) is 32.8 Å². The summed E-state index contributed by atoms with van der Waals surface area (Å²) in [4.78, 5) is 14.2. The van der Waals surface area contributed by atoms with Crippen molar-refractivity contribution in [1.29, 1.82) is 0 Å². The van der Waals surface area contributed by atoms with Gasteiger partial charge in [-0.1, -0.05) is 6.07 Å². The molecule has 4 nitrogen and oxygen atoms in total. The van der Waals surface area contributed by atoms with Crippen molar-refractivity contribution in [2.75, 3.05) is 31.7 Å². The summed E-state index contributed by atoms with van der Waals surface area (Å²) in [5.41, 5.74) is 2.59. The SMILES string of the molecule is CCOC(=O)C1CCN(c2cc(C3CC3)ccc2OC)CC1. The molecule has 0 bridgehead atoms. The van der Waals surface area contributed by atoms with Gasteiger partial charge in [0.05, 0.1) is 25.3 Å². The van der Waals surface area contributed by atoms with Crippen molar-refractivity contribution in [2.24, 2.45) is 5.92 Å². The predicted octanol–water partition coefficient (Wildman–Crippen LogP) is 3.35. The molecule has 0 amide bonds. The topological polar surface area (TPSA) is 38.8 Å². The fourth-order valence-electron chi connectivity index (χ4n) is 3.24. The van der Waals surface area contributed by atoms with E-state index in [0.29, 0.717) is 6.61 Å². The molecule has 22 heavy (non-hydrogen) atoms. The first-order valence-electron chi connectivity index (χ1n) is 8.32. The highest BCUT2D eigenvalue weighted by molar-refractivity contribution is 5.73. The Hall–Kier alpha value is -1.71. The zero-order valence-corrected chi connectivity index (χ0v) is 13.5. The molecule has 2 aliphatic rings. The number of methoxy groups -OCH3 is 1. The Morgan fingerprint density at radius 2 is 1.95 bits per heavy atom.